The summed E-state index contributed by atoms with van der Waals surface area (Å²) in [7, 11) is 3.78. The number of alkyl halides is 6. The van der Waals surface area contributed by atoms with Crippen LogP contribution >= 0.6 is 0 Å². The predicted octanol–water partition coefficient (Wildman–Crippen LogP) is 7.58. The van der Waals surface area contributed by atoms with Gasteiger partial charge < -0.3 is 15.0 Å². The molecule has 4 aromatic rings. The second-order valence-corrected chi connectivity index (χ2v) is 8.68. The number of benzene rings is 1. The van der Waals surface area contributed by atoms with Gasteiger partial charge in [0.15, 0.2) is 5.65 Å². The summed E-state index contributed by atoms with van der Waals surface area (Å²) in [5.41, 5.74) is -0.692. The third kappa shape index (κ3) is 7.89. The van der Waals surface area contributed by atoms with Gasteiger partial charge in [-0.25, -0.2) is 9.97 Å². The summed E-state index contributed by atoms with van der Waals surface area (Å²) >= 11 is 0. The number of aromatic nitrogens is 3. The molecule has 3 aromatic heterocycles. The zero-order valence-corrected chi connectivity index (χ0v) is 22.4. The zero-order chi connectivity index (χ0) is 29.5. The van der Waals surface area contributed by atoms with Gasteiger partial charge in [0, 0.05) is 23.8 Å². The first kappa shape index (κ1) is 30.8. The van der Waals surface area contributed by atoms with E-state index in [-0.39, 0.29) is 23.6 Å². The van der Waals surface area contributed by atoms with Gasteiger partial charge in [-0.05, 0) is 68.7 Å². The summed E-state index contributed by atoms with van der Waals surface area (Å²) in [5.74, 6) is 0. The predicted molar refractivity (Wildman–Crippen MR) is 142 cm³/mol. The summed E-state index contributed by atoms with van der Waals surface area (Å²) in [6.07, 6.45) is -7.86. The van der Waals surface area contributed by atoms with Gasteiger partial charge in [0.1, 0.15) is 5.69 Å². The van der Waals surface area contributed by atoms with Crippen LogP contribution in [-0.4, -0.2) is 47.1 Å². The molecular weight excluding hydrogens is 536 g/mol. The van der Waals surface area contributed by atoms with Crippen LogP contribution < -0.4 is 5.32 Å². The van der Waals surface area contributed by atoms with Gasteiger partial charge >= 0.3 is 12.4 Å². The Bertz CT molecular complexity index is 1410. The van der Waals surface area contributed by atoms with Crippen LogP contribution in [0.1, 0.15) is 30.7 Å². The molecule has 0 fully saturated rings. The Kier molecular flexibility index (Phi) is 10.0. The number of hydrogen-bond donors (Lipinski definition) is 1. The van der Waals surface area contributed by atoms with Crippen LogP contribution in [0, 0.1) is 0 Å². The van der Waals surface area contributed by atoms with E-state index in [0.717, 1.165) is 18.2 Å². The van der Waals surface area contributed by atoms with Crippen molar-refractivity contribution in [1.82, 2.24) is 19.9 Å². The lowest BCUT2D eigenvalue weighted by molar-refractivity contribution is -0.138. The van der Waals surface area contributed by atoms with E-state index in [0.29, 0.717) is 35.6 Å². The fraction of sp³-hybridized carbons (Fsp3) is 0.321. The summed E-state index contributed by atoms with van der Waals surface area (Å²) in [4.78, 5) is 14.7. The average molecular weight is 566 g/mol. The number of hydrogen-bond acceptors (Lipinski definition) is 6. The molecule has 4 rings (SSSR count). The van der Waals surface area contributed by atoms with Crippen LogP contribution in [0.3, 0.4) is 0 Å². The van der Waals surface area contributed by atoms with E-state index in [1.54, 1.807) is 12.1 Å². The maximum absolute atomic E-state index is 13.6. The van der Waals surface area contributed by atoms with Gasteiger partial charge in [-0.1, -0.05) is 13.8 Å². The Hall–Kier alpha value is -3.77. The van der Waals surface area contributed by atoms with E-state index >= 15 is 0 Å². The summed E-state index contributed by atoms with van der Waals surface area (Å²) in [6, 6.07) is 11.2. The third-order valence-electron chi connectivity index (χ3n) is 5.51. The number of nitrogens with zero attached hydrogens (tertiary/aromatic N) is 4. The SMILES string of the molecule is CC.CN(C)CCOCc1cc(Nc2ccc(C(F)(F)F)cc2)c2ccc(-c3ncccc3C(F)(F)F)nc2n1. The molecule has 0 bridgehead atoms. The van der Waals surface area contributed by atoms with Gasteiger partial charge in [0.2, 0.25) is 0 Å². The molecule has 0 radical (unpaired) electrons. The summed E-state index contributed by atoms with van der Waals surface area (Å²) in [6.45, 7) is 5.16. The normalized spacial score (nSPS) is 11.9. The van der Waals surface area contributed by atoms with E-state index in [2.05, 4.69) is 20.3 Å². The number of likely N-dealkylation sites (N-methyl/N-ethyl adjacent to an activating group) is 1. The number of nitrogens with one attached hydrogen (secondary N) is 1. The second-order valence-electron chi connectivity index (χ2n) is 8.68. The topological polar surface area (TPSA) is 63.2 Å². The molecule has 214 valence electrons. The van der Waals surface area contributed by atoms with Crippen LogP contribution in [0.15, 0.2) is 60.8 Å². The lowest BCUT2D eigenvalue weighted by Crippen LogP contribution is -2.18. The molecule has 3 heterocycles. The molecule has 0 spiro atoms. The van der Waals surface area contributed by atoms with Crippen molar-refractivity contribution in [2.24, 2.45) is 0 Å². The molecule has 40 heavy (non-hydrogen) atoms. The Morgan fingerprint density at radius 1 is 0.875 bits per heavy atom. The highest BCUT2D eigenvalue weighted by molar-refractivity contribution is 5.92. The number of fused-ring (bicyclic) bond motifs is 1. The van der Waals surface area contributed by atoms with Gasteiger partial charge in [0.25, 0.3) is 0 Å². The highest BCUT2D eigenvalue weighted by atomic mass is 19.4. The first-order valence-corrected chi connectivity index (χ1v) is 12.4. The van der Waals surface area contributed by atoms with Crippen molar-refractivity contribution in [3.63, 3.8) is 0 Å². The molecule has 0 amide bonds. The third-order valence-corrected chi connectivity index (χ3v) is 5.51. The van der Waals surface area contributed by atoms with Crippen LogP contribution in [-0.2, 0) is 23.7 Å². The first-order chi connectivity index (χ1) is 18.9. The van der Waals surface area contributed by atoms with Crippen molar-refractivity contribution in [2.45, 2.75) is 32.8 Å². The average Bonchev–Trinajstić information content (AvgIpc) is 2.91. The van der Waals surface area contributed by atoms with Gasteiger partial charge in [0.05, 0.1) is 41.4 Å². The molecule has 1 aromatic carbocycles. The smallest absolute Gasteiger partial charge is 0.374 e. The summed E-state index contributed by atoms with van der Waals surface area (Å²) in [5, 5.41) is 3.52. The minimum absolute atomic E-state index is 0.0240. The molecule has 1 N–H and O–H groups in total. The Balaban J connectivity index is 0.00000216. The van der Waals surface area contributed by atoms with E-state index in [9.17, 15) is 26.3 Å². The highest BCUT2D eigenvalue weighted by Gasteiger charge is 2.34. The van der Waals surface area contributed by atoms with Crippen LogP contribution in [0.4, 0.5) is 37.7 Å². The molecule has 6 nitrogen and oxygen atoms in total. The number of halogens is 6. The van der Waals surface area contributed by atoms with E-state index in [4.69, 9.17) is 4.74 Å². The molecule has 0 aliphatic rings. The Labute approximate surface area is 228 Å². The van der Waals surface area contributed by atoms with Crippen LogP contribution in [0.2, 0.25) is 0 Å². The highest BCUT2D eigenvalue weighted by Crippen LogP contribution is 2.36. The molecular formula is C28H29F6N5O. The van der Waals surface area contributed by atoms with Gasteiger partial charge in [-0.2, -0.15) is 26.3 Å². The standard InChI is InChI=1S/C26H23F6N5O.C2H6/c1-37(2)12-13-38-15-18-14-22(34-17-7-5-16(6-8-17)25(27,28)29)19-9-10-21(36-24(19)35-18)23-20(26(30,31)32)4-3-11-33-23;1-2/h3-11,14H,12-13,15H2,1-2H3,(H,34,35,36);1-2H3. The van der Waals surface area contributed by atoms with Crippen molar-refractivity contribution in [1.29, 1.82) is 0 Å². The molecule has 12 heteroatoms. The fourth-order valence-corrected chi connectivity index (χ4v) is 3.63. The number of rotatable bonds is 8. The van der Waals surface area contributed by atoms with Gasteiger partial charge in [-0.3, -0.25) is 4.98 Å². The molecule has 0 atom stereocenters. The Morgan fingerprint density at radius 2 is 1.57 bits per heavy atom. The summed E-state index contributed by atoms with van der Waals surface area (Å²) < 4.78 is 85.2. The van der Waals surface area contributed by atoms with E-state index in [1.807, 2.05) is 32.8 Å². The van der Waals surface area contributed by atoms with Crippen LogP contribution in [0.25, 0.3) is 22.4 Å². The monoisotopic (exact) mass is 565 g/mol. The van der Waals surface area contributed by atoms with Crippen molar-refractivity contribution in [3.05, 3.63) is 77.6 Å². The number of anilines is 2. The molecule has 0 aliphatic heterocycles. The number of ether oxygens (including phenoxy) is 1. The van der Waals surface area contributed by atoms with Crippen molar-refractivity contribution >= 4 is 22.4 Å². The maximum atomic E-state index is 13.6. The quantitative estimate of drug-likeness (QED) is 0.176. The maximum Gasteiger partial charge on any atom is 0.418 e. The minimum Gasteiger partial charge on any atom is -0.374 e. The fourth-order valence-electron chi connectivity index (χ4n) is 3.63. The van der Waals surface area contributed by atoms with Crippen LogP contribution in [0.5, 0.6) is 0 Å². The first-order valence-electron chi connectivity index (χ1n) is 12.4. The van der Waals surface area contributed by atoms with Crippen molar-refractivity contribution in [2.75, 3.05) is 32.6 Å². The van der Waals surface area contributed by atoms with E-state index in [1.165, 1.54) is 30.5 Å². The molecule has 0 unspecified atom stereocenters. The zero-order valence-electron chi connectivity index (χ0n) is 22.4. The molecule has 0 aliphatic carbocycles. The minimum atomic E-state index is -4.63. The lowest BCUT2D eigenvalue weighted by atomic mass is 10.1. The Morgan fingerprint density at radius 3 is 2.20 bits per heavy atom. The largest absolute Gasteiger partial charge is 0.418 e. The second kappa shape index (κ2) is 13.1. The molecule has 0 saturated heterocycles. The van der Waals surface area contributed by atoms with Gasteiger partial charge in [-0.15, -0.1) is 0 Å². The van der Waals surface area contributed by atoms with E-state index < -0.39 is 23.5 Å². The van der Waals surface area contributed by atoms with Crippen molar-refractivity contribution < 1.29 is 31.1 Å². The lowest BCUT2D eigenvalue weighted by Gasteiger charge is -2.15. The number of pyridine rings is 3. The molecule has 0 saturated carbocycles. The van der Waals surface area contributed by atoms with Crippen molar-refractivity contribution in [3.8, 4) is 11.4 Å².